The molecule has 0 aliphatic rings. The molecule has 0 spiro atoms. The Morgan fingerprint density at radius 2 is 2.32 bits per heavy atom. The highest BCUT2D eigenvalue weighted by Gasteiger charge is 2.16. The van der Waals surface area contributed by atoms with Gasteiger partial charge in [0.05, 0.1) is 6.61 Å². The Balaban J connectivity index is 2.18. The summed E-state index contributed by atoms with van der Waals surface area (Å²) in [5, 5.41) is 3.85. The largest absolute Gasteiger partial charge is 0.461 e. The fourth-order valence-electron chi connectivity index (χ4n) is 1.53. The average molecular weight is 341 g/mol. The minimum absolute atomic E-state index is 0.351. The number of carbonyl (C=O) groups is 1. The molecule has 0 atom stereocenters. The molecular weight excluding hydrogens is 328 g/mol. The number of thiazole rings is 1. The molecule has 0 unspecified atom stereocenters. The van der Waals surface area contributed by atoms with E-state index >= 15 is 0 Å². The number of halogens is 1. The highest BCUT2D eigenvalue weighted by molar-refractivity contribution is 9.10. The molecule has 6 heteroatoms. The third-order valence-corrected chi connectivity index (χ3v) is 3.72. The Morgan fingerprint density at radius 3 is 3.00 bits per heavy atom. The maximum atomic E-state index is 11.7. The average Bonchev–Trinajstić information content (AvgIpc) is 2.70. The normalized spacial score (nSPS) is 10.3. The summed E-state index contributed by atoms with van der Waals surface area (Å²) in [4.78, 5) is 16.8. The van der Waals surface area contributed by atoms with Crippen LogP contribution in [0.5, 0.6) is 0 Å². The number of rotatable bonds is 4. The van der Waals surface area contributed by atoms with Crippen molar-refractivity contribution in [2.45, 2.75) is 13.8 Å². The number of nitrogens with one attached hydrogen (secondary N) is 1. The van der Waals surface area contributed by atoms with Gasteiger partial charge in [0.2, 0.25) is 0 Å². The summed E-state index contributed by atoms with van der Waals surface area (Å²) in [6, 6.07) is 7.76. The second kappa shape index (κ2) is 6.16. The maximum absolute atomic E-state index is 11.7. The topological polar surface area (TPSA) is 51.2 Å². The minimum atomic E-state index is -0.376. The highest BCUT2D eigenvalue weighted by atomic mass is 79.9. The zero-order valence-corrected chi connectivity index (χ0v) is 13.0. The summed E-state index contributed by atoms with van der Waals surface area (Å²) in [5.74, 6) is -0.376. The van der Waals surface area contributed by atoms with Crippen LogP contribution in [0.25, 0.3) is 0 Å². The number of aryl methyl sites for hydroxylation is 1. The van der Waals surface area contributed by atoms with Gasteiger partial charge in [0.1, 0.15) is 0 Å². The number of nitrogens with zero attached hydrogens (tertiary/aromatic N) is 1. The lowest BCUT2D eigenvalue weighted by atomic mass is 10.3. The summed E-state index contributed by atoms with van der Waals surface area (Å²) in [5.41, 5.74) is 1.29. The van der Waals surface area contributed by atoms with E-state index in [4.69, 9.17) is 4.74 Å². The van der Waals surface area contributed by atoms with Crippen LogP contribution in [0.2, 0.25) is 0 Å². The van der Waals surface area contributed by atoms with E-state index in [1.807, 2.05) is 31.2 Å². The number of aromatic nitrogens is 1. The zero-order chi connectivity index (χ0) is 13.8. The molecule has 0 amide bonds. The predicted octanol–water partition coefficient (Wildman–Crippen LogP) is 4.13. The van der Waals surface area contributed by atoms with Gasteiger partial charge in [0.25, 0.3) is 0 Å². The van der Waals surface area contributed by atoms with Crippen molar-refractivity contribution in [2.75, 3.05) is 11.9 Å². The van der Waals surface area contributed by atoms with Crippen LogP contribution in [0.15, 0.2) is 28.7 Å². The third kappa shape index (κ3) is 3.54. The van der Waals surface area contributed by atoms with Gasteiger partial charge in [-0.1, -0.05) is 22.0 Å². The number of esters is 1. The summed E-state index contributed by atoms with van der Waals surface area (Å²) in [7, 11) is 0. The number of carbonyl (C=O) groups excluding carboxylic acids is 1. The van der Waals surface area contributed by atoms with Crippen LogP contribution < -0.4 is 5.32 Å². The van der Waals surface area contributed by atoms with Crippen LogP contribution in [0.1, 0.15) is 22.3 Å². The highest BCUT2D eigenvalue weighted by Crippen LogP contribution is 2.27. The van der Waals surface area contributed by atoms with E-state index in [2.05, 4.69) is 26.2 Å². The number of hydrogen-bond donors (Lipinski definition) is 1. The van der Waals surface area contributed by atoms with E-state index in [-0.39, 0.29) is 5.97 Å². The van der Waals surface area contributed by atoms with E-state index in [0.29, 0.717) is 17.4 Å². The van der Waals surface area contributed by atoms with Crippen molar-refractivity contribution in [3.63, 3.8) is 0 Å². The molecule has 1 aromatic carbocycles. The Morgan fingerprint density at radius 1 is 1.53 bits per heavy atom. The molecule has 1 N–H and O–H groups in total. The van der Waals surface area contributed by atoms with Gasteiger partial charge in [-0.25, -0.2) is 9.78 Å². The molecule has 1 aromatic heterocycles. The molecule has 0 saturated carbocycles. The maximum Gasteiger partial charge on any atom is 0.358 e. The first kappa shape index (κ1) is 14.0. The molecule has 100 valence electrons. The van der Waals surface area contributed by atoms with Crippen molar-refractivity contribution in [3.8, 4) is 0 Å². The first-order valence-electron chi connectivity index (χ1n) is 5.77. The molecule has 0 radical (unpaired) electrons. The molecule has 0 aliphatic heterocycles. The van der Waals surface area contributed by atoms with Gasteiger partial charge >= 0.3 is 5.97 Å². The standard InChI is InChI=1S/C13H13BrN2O2S/c1-3-18-12(17)11-8(2)19-13(16-11)15-10-6-4-5-9(14)7-10/h4-7H,3H2,1-2H3,(H,15,16). The van der Waals surface area contributed by atoms with Crippen molar-refractivity contribution in [1.82, 2.24) is 4.98 Å². The summed E-state index contributed by atoms with van der Waals surface area (Å²) < 4.78 is 5.94. The molecular formula is C13H13BrN2O2S. The quantitative estimate of drug-likeness (QED) is 0.850. The van der Waals surface area contributed by atoms with E-state index in [9.17, 15) is 4.79 Å². The lowest BCUT2D eigenvalue weighted by molar-refractivity contribution is 0.0519. The first-order valence-corrected chi connectivity index (χ1v) is 7.38. The summed E-state index contributed by atoms with van der Waals surface area (Å²) >= 11 is 4.84. The smallest absolute Gasteiger partial charge is 0.358 e. The first-order chi connectivity index (χ1) is 9.10. The number of hydrogen-bond acceptors (Lipinski definition) is 5. The van der Waals surface area contributed by atoms with Crippen LogP contribution in [0.4, 0.5) is 10.8 Å². The van der Waals surface area contributed by atoms with Crippen LogP contribution in [-0.2, 0) is 4.74 Å². The van der Waals surface area contributed by atoms with Crippen molar-refractivity contribution < 1.29 is 9.53 Å². The van der Waals surface area contributed by atoms with Crippen molar-refractivity contribution in [2.24, 2.45) is 0 Å². The second-order valence-electron chi connectivity index (χ2n) is 3.78. The Labute approximate surface area is 124 Å². The van der Waals surface area contributed by atoms with Crippen LogP contribution in [-0.4, -0.2) is 17.6 Å². The van der Waals surface area contributed by atoms with Crippen molar-refractivity contribution in [3.05, 3.63) is 39.3 Å². The Hall–Kier alpha value is -1.40. The molecule has 0 aliphatic carbocycles. The third-order valence-electron chi connectivity index (χ3n) is 2.34. The van der Waals surface area contributed by atoms with Gasteiger partial charge < -0.3 is 10.1 Å². The van der Waals surface area contributed by atoms with E-state index in [0.717, 1.165) is 15.0 Å². The van der Waals surface area contributed by atoms with Crippen molar-refractivity contribution in [1.29, 1.82) is 0 Å². The molecule has 4 nitrogen and oxygen atoms in total. The van der Waals surface area contributed by atoms with E-state index in [1.54, 1.807) is 6.92 Å². The molecule has 2 aromatic rings. The van der Waals surface area contributed by atoms with Gasteiger partial charge in [-0.3, -0.25) is 0 Å². The zero-order valence-electron chi connectivity index (χ0n) is 10.6. The fourth-order valence-corrected chi connectivity index (χ4v) is 2.75. The van der Waals surface area contributed by atoms with Crippen LogP contribution in [0, 0.1) is 6.92 Å². The molecule has 0 saturated heterocycles. The van der Waals surface area contributed by atoms with Gasteiger partial charge in [-0.05, 0) is 32.0 Å². The van der Waals surface area contributed by atoms with E-state index in [1.165, 1.54) is 11.3 Å². The van der Waals surface area contributed by atoms with Gasteiger partial charge in [0.15, 0.2) is 10.8 Å². The van der Waals surface area contributed by atoms with Gasteiger partial charge in [0, 0.05) is 15.0 Å². The predicted molar refractivity (Wildman–Crippen MR) is 80.2 cm³/mol. The molecule has 0 bridgehead atoms. The number of anilines is 2. The molecule has 19 heavy (non-hydrogen) atoms. The minimum Gasteiger partial charge on any atom is -0.461 e. The van der Waals surface area contributed by atoms with Crippen LogP contribution in [0.3, 0.4) is 0 Å². The Kier molecular flexibility index (Phi) is 4.55. The summed E-state index contributed by atoms with van der Waals surface area (Å²) in [6.07, 6.45) is 0. The number of benzene rings is 1. The number of ether oxygens (including phenoxy) is 1. The van der Waals surface area contributed by atoms with Gasteiger partial charge in [-0.15, -0.1) is 11.3 Å². The second-order valence-corrected chi connectivity index (χ2v) is 5.90. The van der Waals surface area contributed by atoms with Crippen LogP contribution >= 0.6 is 27.3 Å². The molecule has 1 heterocycles. The van der Waals surface area contributed by atoms with Gasteiger partial charge in [-0.2, -0.15) is 0 Å². The Bertz CT molecular complexity index is 598. The SMILES string of the molecule is CCOC(=O)c1nc(Nc2cccc(Br)c2)sc1C. The molecule has 2 rings (SSSR count). The lowest BCUT2D eigenvalue weighted by Gasteiger charge is -2.02. The molecule has 0 fully saturated rings. The summed E-state index contributed by atoms with van der Waals surface area (Å²) in [6.45, 7) is 3.99. The fraction of sp³-hybridized carbons (Fsp3) is 0.231. The monoisotopic (exact) mass is 340 g/mol. The van der Waals surface area contributed by atoms with E-state index < -0.39 is 0 Å². The van der Waals surface area contributed by atoms with Crippen molar-refractivity contribution >= 4 is 44.1 Å². The lowest BCUT2D eigenvalue weighted by Crippen LogP contribution is -2.06.